The zero-order valence-electron chi connectivity index (χ0n) is 9.80. The van der Waals surface area contributed by atoms with E-state index in [0.717, 1.165) is 32.7 Å². The topological polar surface area (TPSA) is 38.5 Å². The lowest BCUT2D eigenvalue weighted by Gasteiger charge is -2.21. The quantitative estimate of drug-likeness (QED) is 0.545. The molecule has 0 aromatic heterocycles. The molecule has 3 nitrogen and oxygen atoms in total. The molecule has 2 N–H and O–H groups in total. The summed E-state index contributed by atoms with van der Waals surface area (Å²) < 4.78 is 5.09. The number of ether oxygens (including phenoxy) is 1. The van der Waals surface area contributed by atoms with Crippen LogP contribution in [0.15, 0.2) is 0 Å². The summed E-state index contributed by atoms with van der Waals surface area (Å²) in [5, 5.41) is 0. The molecule has 0 bridgehead atoms. The van der Waals surface area contributed by atoms with Crippen LogP contribution in [-0.2, 0) is 4.74 Å². The molecular formula is C11H26N2O. The van der Waals surface area contributed by atoms with Gasteiger partial charge < -0.3 is 15.4 Å². The highest BCUT2D eigenvalue weighted by molar-refractivity contribution is 4.58. The summed E-state index contributed by atoms with van der Waals surface area (Å²) in [5.74, 6) is 0. The van der Waals surface area contributed by atoms with Crippen molar-refractivity contribution in [2.24, 2.45) is 5.73 Å². The van der Waals surface area contributed by atoms with Crippen LogP contribution in [-0.4, -0.2) is 44.8 Å². The summed E-state index contributed by atoms with van der Waals surface area (Å²) in [6.45, 7) is 7.20. The second-order valence-corrected chi connectivity index (χ2v) is 3.68. The molecular weight excluding hydrogens is 176 g/mol. The number of rotatable bonds is 10. The summed E-state index contributed by atoms with van der Waals surface area (Å²) in [5.41, 5.74) is 5.50. The van der Waals surface area contributed by atoms with Crippen LogP contribution >= 0.6 is 0 Å². The van der Waals surface area contributed by atoms with Crippen molar-refractivity contribution < 1.29 is 4.74 Å². The summed E-state index contributed by atoms with van der Waals surface area (Å²) in [4.78, 5) is 2.45. The van der Waals surface area contributed by atoms with E-state index in [0.29, 0.717) is 0 Å². The van der Waals surface area contributed by atoms with Crippen molar-refractivity contribution in [3.63, 3.8) is 0 Å². The lowest BCUT2D eigenvalue weighted by Crippen LogP contribution is -2.30. The molecule has 0 aliphatic carbocycles. The summed E-state index contributed by atoms with van der Waals surface area (Å²) in [6, 6.07) is 0. The van der Waals surface area contributed by atoms with Crippen LogP contribution in [0.2, 0.25) is 0 Å². The highest BCUT2D eigenvalue weighted by atomic mass is 16.5. The summed E-state index contributed by atoms with van der Waals surface area (Å²) >= 11 is 0. The van der Waals surface area contributed by atoms with Crippen LogP contribution in [0.1, 0.15) is 32.6 Å². The Morgan fingerprint density at radius 3 is 2.36 bits per heavy atom. The normalized spacial score (nSPS) is 11.1. The van der Waals surface area contributed by atoms with Crippen LogP contribution in [0.25, 0.3) is 0 Å². The van der Waals surface area contributed by atoms with Crippen molar-refractivity contribution >= 4 is 0 Å². The van der Waals surface area contributed by atoms with E-state index >= 15 is 0 Å². The van der Waals surface area contributed by atoms with Gasteiger partial charge in [0.15, 0.2) is 0 Å². The number of nitrogens with two attached hydrogens (primary N) is 1. The molecule has 0 atom stereocenters. The SMILES string of the molecule is CCCCCN(CCCN)CCOC. The largest absolute Gasteiger partial charge is 0.383 e. The van der Waals surface area contributed by atoms with Crippen molar-refractivity contribution in [3.8, 4) is 0 Å². The Hall–Kier alpha value is -0.120. The molecule has 0 amide bonds. The maximum atomic E-state index is 5.50. The van der Waals surface area contributed by atoms with Gasteiger partial charge in [-0.25, -0.2) is 0 Å². The Bertz CT molecular complexity index is 101. The van der Waals surface area contributed by atoms with Gasteiger partial charge >= 0.3 is 0 Å². The Labute approximate surface area is 88.6 Å². The third-order valence-electron chi connectivity index (χ3n) is 2.37. The van der Waals surface area contributed by atoms with Gasteiger partial charge in [0.2, 0.25) is 0 Å². The van der Waals surface area contributed by atoms with Crippen molar-refractivity contribution in [2.75, 3.05) is 39.9 Å². The maximum absolute atomic E-state index is 5.50. The fraction of sp³-hybridized carbons (Fsp3) is 1.00. The zero-order valence-corrected chi connectivity index (χ0v) is 9.80. The van der Waals surface area contributed by atoms with Crippen LogP contribution in [0.3, 0.4) is 0 Å². The number of nitrogens with zero attached hydrogens (tertiary/aromatic N) is 1. The molecule has 86 valence electrons. The van der Waals surface area contributed by atoms with Gasteiger partial charge in [-0.05, 0) is 32.5 Å². The molecule has 0 heterocycles. The highest BCUT2D eigenvalue weighted by Gasteiger charge is 2.02. The minimum atomic E-state index is 0.789. The van der Waals surface area contributed by atoms with E-state index in [9.17, 15) is 0 Å². The van der Waals surface area contributed by atoms with E-state index in [1.807, 2.05) is 0 Å². The Morgan fingerprint density at radius 1 is 1.07 bits per heavy atom. The average molecular weight is 202 g/mol. The van der Waals surface area contributed by atoms with Gasteiger partial charge in [-0.15, -0.1) is 0 Å². The fourth-order valence-corrected chi connectivity index (χ4v) is 1.46. The third kappa shape index (κ3) is 8.48. The summed E-state index contributed by atoms with van der Waals surface area (Å²) in [6.07, 6.45) is 5.00. The van der Waals surface area contributed by atoms with Gasteiger partial charge in [0.25, 0.3) is 0 Å². The smallest absolute Gasteiger partial charge is 0.0589 e. The van der Waals surface area contributed by atoms with Gasteiger partial charge in [0.1, 0.15) is 0 Å². The number of hydrogen-bond acceptors (Lipinski definition) is 3. The van der Waals surface area contributed by atoms with Gasteiger partial charge in [-0.2, -0.15) is 0 Å². The molecule has 14 heavy (non-hydrogen) atoms. The van der Waals surface area contributed by atoms with Crippen LogP contribution in [0, 0.1) is 0 Å². The molecule has 0 aliphatic rings. The van der Waals surface area contributed by atoms with E-state index in [-0.39, 0.29) is 0 Å². The zero-order chi connectivity index (χ0) is 10.6. The standard InChI is InChI=1S/C11H26N2O/c1-3-4-5-8-13(9-6-7-12)10-11-14-2/h3-12H2,1-2H3. The number of methoxy groups -OCH3 is 1. The summed E-state index contributed by atoms with van der Waals surface area (Å²) in [7, 11) is 1.76. The number of unbranched alkanes of at least 4 members (excludes halogenated alkanes) is 2. The Morgan fingerprint density at radius 2 is 1.79 bits per heavy atom. The molecule has 0 aromatic carbocycles. The lowest BCUT2D eigenvalue weighted by atomic mass is 10.2. The van der Waals surface area contributed by atoms with E-state index < -0.39 is 0 Å². The van der Waals surface area contributed by atoms with Crippen molar-refractivity contribution in [3.05, 3.63) is 0 Å². The predicted molar refractivity (Wildman–Crippen MR) is 61.5 cm³/mol. The first kappa shape index (κ1) is 13.9. The molecule has 0 spiro atoms. The minimum absolute atomic E-state index is 0.789. The van der Waals surface area contributed by atoms with Gasteiger partial charge in [0, 0.05) is 13.7 Å². The fourth-order valence-electron chi connectivity index (χ4n) is 1.46. The van der Waals surface area contributed by atoms with E-state index in [2.05, 4.69) is 11.8 Å². The van der Waals surface area contributed by atoms with E-state index in [4.69, 9.17) is 10.5 Å². The highest BCUT2D eigenvalue weighted by Crippen LogP contribution is 1.99. The van der Waals surface area contributed by atoms with E-state index in [1.54, 1.807) is 7.11 Å². The molecule has 0 aliphatic heterocycles. The molecule has 0 saturated heterocycles. The minimum Gasteiger partial charge on any atom is -0.383 e. The Kier molecular flexibility index (Phi) is 10.9. The van der Waals surface area contributed by atoms with Crippen LogP contribution < -0.4 is 5.73 Å². The molecule has 0 unspecified atom stereocenters. The second kappa shape index (κ2) is 11.0. The molecule has 0 fully saturated rings. The van der Waals surface area contributed by atoms with Gasteiger partial charge in [-0.3, -0.25) is 0 Å². The molecule has 3 heteroatoms. The van der Waals surface area contributed by atoms with Gasteiger partial charge in [-0.1, -0.05) is 19.8 Å². The van der Waals surface area contributed by atoms with Crippen molar-refractivity contribution in [1.82, 2.24) is 4.90 Å². The number of hydrogen-bond donors (Lipinski definition) is 1. The average Bonchev–Trinajstić information content (AvgIpc) is 2.21. The van der Waals surface area contributed by atoms with Crippen LogP contribution in [0.4, 0.5) is 0 Å². The first-order valence-electron chi connectivity index (χ1n) is 5.76. The maximum Gasteiger partial charge on any atom is 0.0589 e. The molecule has 0 saturated carbocycles. The van der Waals surface area contributed by atoms with Crippen molar-refractivity contribution in [2.45, 2.75) is 32.6 Å². The van der Waals surface area contributed by atoms with Crippen molar-refractivity contribution in [1.29, 1.82) is 0 Å². The molecule has 0 rings (SSSR count). The Balaban J connectivity index is 3.49. The predicted octanol–water partition coefficient (Wildman–Crippen LogP) is 1.47. The molecule has 0 aromatic rings. The second-order valence-electron chi connectivity index (χ2n) is 3.68. The lowest BCUT2D eigenvalue weighted by molar-refractivity contribution is 0.146. The third-order valence-corrected chi connectivity index (χ3v) is 2.37. The first-order valence-corrected chi connectivity index (χ1v) is 5.76. The molecule has 0 radical (unpaired) electrons. The monoisotopic (exact) mass is 202 g/mol. The van der Waals surface area contributed by atoms with E-state index in [1.165, 1.54) is 25.8 Å². The first-order chi connectivity index (χ1) is 6.85. The van der Waals surface area contributed by atoms with Crippen LogP contribution in [0.5, 0.6) is 0 Å². The van der Waals surface area contributed by atoms with Gasteiger partial charge in [0.05, 0.1) is 6.61 Å².